The lowest BCUT2D eigenvalue weighted by Gasteiger charge is -2.29. The summed E-state index contributed by atoms with van der Waals surface area (Å²) >= 11 is 1.75. The van der Waals surface area contributed by atoms with Gasteiger partial charge in [0.05, 0.1) is 18.8 Å². The van der Waals surface area contributed by atoms with Crippen molar-refractivity contribution in [1.82, 2.24) is 0 Å². The van der Waals surface area contributed by atoms with Gasteiger partial charge >= 0.3 is 0 Å². The minimum atomic E-state index is -0.207. The third-order valence-corrected chi connectivity index (χ3v) is 6.59. The Kier molecular flexibility index (Phi) is 5.90. The fourth-order valence-electron chi connectivity index (χ4n) is 3.79. The van der Waals surface area contributed by atoms with Gasteiger partial charge in [-0.05, 0) is 72.7 Å². The van der Waals surface area contributed by atoms with Gasteiger partial charge in [-0.3, -0.25) is 0 Å². The standard InChI is InChI=1S/C24H25FO2S/c1-16-5-6-18(23-4-2-3-21(15-26)27-23)13-19(16)14-22-11-12-24(28-22)17-7-9-20(25)10-8-17/h5-13,21,23,26H,2-4,14-15H2,1H3/t21-,23+/m1/s1. The van der Waals surface area contributed by atoms with E-state index >= 15 is 0 Å². The van der Waals surface area contributed by atoms with E-state index in [0.29, 0.717) is 0 Å². The van der Waals surface area contributed by atoms with Gasteiger partial charge in [-0.2, -0.15) is 0 Å². The third-order valence-electron chi connectivity index (χ3n) is 5.45. The summed E-state index contributed by atoms with van der Waals surface area (Å²) in [6.07, 6.45) is 3.94. The van der Waals surface area contributed by atoms with Crippen molar-refractivity contribution in [3.8, 4) is 10.4 Å². The Morgan fingerprint density at radius 1 is 1.07 bits per heavy atom. The van der Waals surface area contributed by atoms with Crippen LogP contribution in [0.2, 0.25) is 0 Å². The lowest BCUT2D eigenvalue weighted by molar-refractivity contribution is -0.0737. The minimum Gasteiger partial charge on any atom is -0.394 e. The molecule has 1 fully saturated rings. The van der Waals surface area contributed by atoms with Gasteiger partial charge in [-0.25, -0.2) is 4.39 Å². The van der Waals surface area contributed by atoms with E-state index in [1.807, 2.05) is 12.1 Å². The van der Waals surface area contributed by atoms with Crippen LogP contribution in [0.25, 0.3) is 10.4 Å². The number of aliphatic hydroxyl groups is 1. The monoisotopic (exact) mass is 396 g/mol. The van der Waals surface area contributed by atoms with Crippen LogP contribution >= 0.6 is 11.3 Å². The number of hydrogen-bond donors (Lipinski definition) is 1. The van der Waals surface area contributed by atoms with Crippen LogP contribution in [0, 0.1) is 12.7 Å². The molecule has 0 radical (unpaired) electrons. The molecular formula is C24H25FO2S. The number of benzene rings is 2. The zero-order valence-corrected chi connectivity index (χ0v) is 16.8. The number of aliphatic hydroxyl groups excluding tert-OH is 1. The van der Waals surface area contributed by atoms with E-state index in [2.05, 4.69) is 37.3 Å². The van der Waals surface area contributed by atoms with Gasteiger partial charge in [0, 0.05) is 16.2 Å². The molecule has 4 heteroatoms. The van der Waals surface area contributed by atoms with Gasteiger partial charge in [0.15, 0.2) is 0 Å². The summed E-state index contributed by atoms with van der Waals surface area (Å²) < 4.78 is 19.2. The predicted molar refractivity (Wildman–Crippen MR) is 112 cm³/mol. The van der Waals surface area contributed by atoms with Crippen molar-refractivity contribution in [2.75, 3.05) is 6.61 Å². The van der Waals surface area contributed by atoms with Crippen LogP contribution in [-0.2, 0) is 11.2 Å². The molecule has 28 heavy (non-hydrogen) atoms. The van der Waals surface area contributed by atoms with Crippen LogP contribution in [0.3, 0.4) is 0 Å². The Morgan fingerprint density at radius 2 is 1.89 bits per heavy atom. The molecule has 1 aliphatic heterocycles. The highest BCUT2D eigenvalue weighted by molar-refractivity contribution is 7.15. The molecule has 2 aromatic carbocycles. The molecular weight excluding hydrogens is 371 g/mol. The number of thiophene rings is 1. The summed E-state index contributed by atoms with van der Waals surface area (Å²) in [5, 5.41) is 9.42. The number of halogens is 1. The highest BCUT2D eigenvalue weighted by atomic mass is 32.1. The molecule has 2 heterocycles. The van der Waals surface area contributed by atoms with Gasteiger partial charge in [-0.1, -0.05) is 30.3 Å². The maximum atomic E-state index is 13.2. The summed E-state index contributed by atoms with van der Waals surface area (Å²) in [4.78, 5) is 2.45. The first-order valence-corrected chi connectivity index (χ1v) is 10.6. The van der Waals surface area contributed by atoms with Gasteiger partial charge in [0.2, 0.25) is 0 Å². The summed E-state index contributed by atoms with van der Waals surface area (Å²) in [5.74, 6) is -0.207. The van der Waals surface area contributed by atoms with Gasteiger partial charge in [-0.15, -0.1) is 11.3 Å². The molecule has 146 valence electrons. The number of hydrogen-bond acceptors (Lipinski definition) is 3. The lowest BCUT2D eigenvalue weighted by atomic mass is 9.94. The van der Waals surface area contributed by atoms with E-state index in [-0.39, 0.29) is 24.6 Å². The molecule has 1 N–H and O–H groups in total. The molecule has 0 bridgehead atoms. The maximum absolute atomic E-state index is 13.2. The molecule has 0 spiro atoms. The van der Waals surface area contributed by atoms with Crippen LogP contribution in [0.1, 0.15) is 46.9 Å². The second-order valence-electron chi connectivity index (χ2n) is 7.50. The minimum absolute atomic E-state index is 0.0425. The number of ether oxygens (including phenoxy) is 1. The molecule has 1 aromatic heterocycles. The summed E-state index contributed by atoms with van der Waals surface area (Å²) in [7, 11) is 0. The summed E-state index contributed by atoms with van der Waals surface area (Å²) in [6.45, 7) is 2.24. The average Bonchev–Trinajstić information content (AvgIpc) is 3.19. The Hall–Kier alpha value is -2.01. The van der Waals surface area contributed by atoms with E-state index in [1.54, 1.807) is 11.3 Å². The number of aryl methyl sites for hydroxylation is 1. The van der Waals surface area contributed by atoms with Crippen molar-refractivity contribution in [1.29, 1.82) is 0 Å². The SMILES string of the molecule is Cc1ccc([C@@H]2CCC[C@H](CO)O2)cc1Cc1ccc(-c2ccc(F)cc2)s1. The molecule has 4 rings (SSSR count). The van der Waals surface area contributed by atoms with E-state index < -0.39 is 0 Å². The molecule has 2 nitrogen and oxygen atoms in total. The van der Waals surface area contributed by atoms with E-state index in [4.69, 9.17) is 4.74 Å². The van der Waals surface area contributed by atoms with E-state index in [0.717, 1.165) is 36.1 Å². The largest absolute Gasteiger partial charge is 0.394 e. The molecule has 2 atom stereocenters. The van der Waals surface area contributed by atoms with Crippen molar-refractivity contribution >= 4 is 11.3 Å². The maximum Gasteiger partial charge on any atom is 0.123 e. The molecule has 3 aromatic rings. The van der Waals surface area contributed by atoms with Crippen molar-refractivity contribution in [3.05, 3.63) is 82.0 Å². The summed E-state index contributed by atoms with van der Waals surface area (Å²) in [6, 6.07) is 17.5. The molecule has 1 aliphatic rings. The smallest absolute Gasteiger partial charge is 0.123 e. The molecule has 0 saturated carbocycles. The van der Waals surface area contributed by atoms with Crippen LogP contribution in [0.15, 0.2) is 54.6 Å². The van der Waals surface area contributed by atoms with Gasteiger partial charge < -0.3 is 9.84 Å². The van der Waals surface area contributed by atoms with Gasteiger partial charge in [0.1, 0.15) is 5.82 Å². The average molecular weight is 397 g/mol. The molecule has 0 aliphatic carbocycles. The first-order chi connectivity index (χ1) is 13.6. The van der Waals surface area contributed by atoms with Crippen LogP contribution in [0.5, 0.6) is 0 Å². The molecule has 0 amide bonds. The topological polar surface area (TPSA) is 29.5 Å². The first kappa shape index (κ1) is 19.3. The highest BCUT2D eigenvalue weighted by Crippen LogP contribution is 2.34. The quantitative estimate of drug-likeness (QED) is 0.568. The normalized spacial score (nSPS) is 19.7. The Morgan fingerprint density at radius 3 is 2.68 bits per heavy atom. The van der Waals surface area contributed by atoms with Crippen molar-refractivity contribution in [3.63, 3.8) is 0 Å². The Labute approximate surface area is 169 Å². The Balaban J connectivity index is 1.52. The van der Waals surface area contributed by atoms with Crippen molar-refractivity contribution < 1.29 is 14.2 Å². The fraction of sp³-hybridized carbons (Fsp3) is 0.333. The first-order valence-electron chi connectivity index (χ1n) is 9.83. The van der Waals surface area contributed by atoms with Crippen molar-refractivity contribution in [2.45, 2.75) is 44.8 Å². The molecule has 0 unspecified atom stereocenters. The lowest BCUT2D eigenvalue weighted by Crippen LogP contribution is -2.25. The van der Waals surface area contributed by atoms with Crippen molar-refractivity contribution in [2.24, 2.45) is 0 Å². The van der Waals surface area contributed by atoms with Crippen LogP contribution in [0.4, 0.5) is 4.39 Å². The Bertz CT molecular complexity index is 932. The fourth-order valence-corrected chi connectivity index (χ4v) is 4.83. The van der Waals surface area contributed by atoms with E-state index in [9.17, 15) is 9.50 Å². The van der Waals surface area contributed by atoms with E-state index in [1.165, 1.54) is 33.7 Å². The van der Waals surface area contributed by atoms with Crippen LogP contribution < -0.4 is 0 Å². The number of rotatable bonds is 5. The second-order valence-corrected chi connectivity index (χ2v) is 8.66. The van der Waals surface area contributed by atoms with Crippen LogP contribution in [-0.4, -0.2) is 17.8 Å². The predicted octanol–water partition coefficient (Wildman–Crippen LogP) is 6.06. The summed E-state index contributed by atoms with van der Waals surface area (Å²) in [5.41, 5.74) is 4.83. The molecule has 1 saturated heterocycles. The third kappa shape index (κ3) is 4.35. The zero-order chi connectivity index (χ0) is 19.5. The van der Waals surface area contributed by atoms with Gasteiger partial charge in [0.25, 0.3) is 0 Å². The zero-order valence-electron chi connectivity index (χ0n) is 16.0. The second kappa shape index (κ2) is 8.56. The highest BCUT2D eigenvalue weighted by Gasteiger charge is 2.23.